The van der Waals surface area contributed by atoms with E-state index in [0.29, 0.717) is 25.5 Å². The van der Waals surface area contributed by atoms with Crippen molar-refractivity contribution in [1.82, 2.24) is 10.6 Å². The Morgan fingerprint density at radius 2 is 2.27 bits per heavy atom. The Morgan fingerprint density at radius 3 is 2.87 bits per heavy atom. The Balaban J connectivity index is 1.91. The molecule has 15 heavy (non-hydrogen) atoms. The molecule has 3 N–H and O–H groups in total. The summed E-state index contributed by atoms with van der Waals surface area (Å²) in [5.74, 6) is 0.690. The van der Waals surface area contributed by atoms with Gasteiger partial charge < -0.3 is 20.5 Å². The standard InChI is InChI=1S/C10H20N2O3/c1-15-7-9(13)4-5-11-10(14)12-6-8-2-3-8/h8-9,13H,2-7H2,1H3,(H2,11,12,14). The topological polar surface area (TPSA) is 70.6 Å². The zero-order chi connectivity index (χ0) is 11.1. The maximum absolute atomic E-state index is 11.2. The van der Waals surface area contributed by atoms with Gasteiger partial charge in [0.15, 0.2) is 0 Å². The molecule has 1 saturated carbocycles. The second-order valence-corrected chi connectivity index (χ2v) is 3.98. The molecule has 0 aromatic carbocycles. The number of hydrogen-bond acceptors (Lipinski definition) is 3. The van der Waals surface area contributed by atoms with Crippen LogP contribution < -0.4 is 10.6 Å². The Labute approximate surface area is 90.2 Å². The zero-order valence-electron chi connectivity index (χ0n) is 9.16. The van der Waals surface area contributed by atoms with Gasteiger partial charge in [0, 0.05) is 20.2 Å². The van der Waals surface area contributed by atoms with Crippen LogP contribution in [0.1, 0.15) is 19.3 Å². The van der Waals surface area contributed by atoms with Gasteiger partial charge in [-0.1, -0.05) is 0 Å². The molecule has 5 heteroatoms. The third-order valence-corrected chi connectivity index (χ3v) is 2.37. The molecule has 0 radical (unpaired) electrons. The van der Waals surface area contributed by atoms with Crippen molar-refractivity contribution in [3.63, 3.8) is 0 Å². The van der Waals surface area contributed by atoms with Crippen LogP contribution in [-0.2, 0) is 4.74 Å². The molecule has 1 aliphatic rings. The average Bonchev–Trinajstić information content (AvgIpc) is 2.98. The van der Waals surface area contributed by atoms with E-state index in [1.54, 1.807) is 7.11 Å². The van der Waals surface area contributed by atoms with Gasteiger partial charge >= 0.3 is 6.03 Å². The summed E-state index contributed by atoms with van der Waals surface area (Å²) in [6.45, 7) is 1.55. The van der Waals surface area contributed by atoms with Crippen LogP contribution in [0, 0.1) is 5.92 Å². The van der Waals surface area contributed by atoms with Crippen molar-refractivity contribution < 1.29 is 14.6 Å². The largest absolute Gasteiger partial charge is 0.391 e. The minimum atomic E-state index is -0.501. The van der Waals surface area contributed by atoms with Crippen LogP contribution in [0.15, 0.2) is 0 Å². The van der Waals surface area contributed by atoms with Crippen molar-refractivity contribution in [2.75, 3.05) is 26.8 Å². The lowest BCUT2D eigenvalue weighted by Gasteiger charge is -2.10. The van der Waals surface area contributed by atoms with E-state index in [2.05, 4.69) is 10.6 Å². The highest BCUT2D eigenvalue weighted by Gasteiger charge is 2.21. The molecule has 88 valence electrons. The molecule has 1 atom stereocenters. The van der Waals surface area contributed by atoms with E-state index in [1.807, 2.05) is 0 Å². The minimum absolute atomic E-state index is 0.147. The Bertz CT molecular complexity index is 195. The number of methoxy groups -OCH3 is 1. The molecule has 1 rings (SSSR count). The van der Waals surface area contributed by atoms with E-state index < -0.39 is 6.10 Å². The molecular weight excluding hydrogens is 196 g/mol. The second-order valence-electron chi connectivity index (χ2n) is 3.98. The van der Waals surface area contributed by atoms with Gasteiger partial charge in [-0.25, -0.2) is 4.79 Å². The lowest BCUT2D eigenvalue weighted by atomic mass is 10.3. The fourth-order valence-corrected chi connectivity index (χ4v) is 1.25. The molecule has 0 saturated heterocycles. The maximum Gasteiger partial charge on any atom is 0.314 e. The summed E-state index contributed by atoms with van der Waals surface area (Å²) < 4.78 is 4.77. The summed E-state index contributed by atoms with van der Waals surface area (Å²) in [6.07, 6.45) is 2.48. The predicted molar refractivity (Wildman–Crippen MR) is 56.6 cm³/mol. The van der Waals surface area contributed by atoms with Gasteiger partial charge in [0.05, 0.1) is 12.7 Å². The molecule has 0 aromatic heterocycles. The van der Waals surface area contributed by atoms with Gasteiger partial charge in [0.25, 0.3) is 0 Å². The van der Waals surface area contributed by atoms with Crippen LogP contribution in [0.2, 0.25) is 0 Å². The lowest BCUT2D eigenvalue weighted by Crippen LogP contribution is -2.38. The molecule has 1 aliphatic carbocycles. The smallest absolute Gasteiger partial charge is 0.314 e. The predicted octanol–water partition coefficient (Wildman–Crippen LogP) is 0.0930. The Morgan fingerprint density at radius 1 is 1.53 bits per heavy atom. The van der Waals surface area contributed by atoms with Crippen LogP contribution in [0.25, 0.3) is 0 Å². The van der Waals surface area contributed by atoms with Crippen molar-refractivity contribution in [3.05, 3.63) is 0 Å². The number of carbonyl (C=O) groups is 1. The third kappa shape index (κ3) is 6.30. The Kier molecular flexibility index (Phi) is 5.42. The number of aliphatic hydroxyl groups excluding tert-OH is 1. The van der Waals surface area contributed by atoms with Crippen molar-refractivity contribution >= 4 is 6.03 Å². The maximum atomic E-state index is 11.2. The number of nitrogens with one attached hydrogen (secondary N) is 2. The fraction of sp³-hybridized carbons (Fsp3) is 0.900. The van der Waals surface area contributed by atoms with Crippen LogP contribution >= 0.6 is 0 Å². The van der Waals surface area contributed by atoms with E-state index in [0.717, 1.165) is 6.54 Å². The average molecular weight is 216 g/mol. The highest BCUT2D eigenvalue weighted by molar-refractivity contribution is 5.73. The fourth-order valence-electron chi connectivity index (χ4n) is 1.25. The van der Waals surface area contributed by atoms with Crippen molar-refractivity contribution in [3.8, 4) is 0 Å². The molecule has 0 bridgehead atoms. The SMILES string of the molecule is COCC(O)CCNC(=O)NCC1CC1. The first-order valence-electron chi connectivity index (χ1n) is 5.41. The summed E-state index contributed by atoms with van der Waals surface area (Å²) in [5.41, 5.74) is 0. The highest BCUT2D eigenvalue weighted by Crippen LogP contribution is 2.27. The normalized spacial score (nSPS) is 17.2. The summed E-state index contributed by atoms with van der Waals surface area (Å²) in [5, 5.41) is 14.8. The first-order chi connectivity index (χ1) is 7.22. The number of ether oxygens (including phenoxy) is 1. The van der Waals surface area contributed by atoms with Crippen LogP contribution in [0.5, 0.6) is 0 Å². The van der Waals surface area contributed by atoms with Gasteiger partial charge in [-0.2, -0.15) is 0 Å². The number of rotatable bonds is 7. The van der Waals surface area contributed by atoms with Gasteiger partial charge in [0.1, 0.15) is 0 Å². The summed E-state index contributed by atoms with van der Waals surface area (Å²) in [6, 6.07) is -0.147. The third-order valence-electron chi connectivity index (χ3n) is 2.37. The second kappa shape index (κ2) is 6.63. The monoisotopic (exact) mass is 216 g/mol. The molecular formula is C10H20N2O3. The Hall–Kier alpha value is -0.810. The molecule has 0 aliphatic heterocycles. The number of carbonyl (C=O) groups excluding carboxylic acids is 1. The summed E-state index contributed by atoms with van der Waals surface area (Å²) in [4.78, 5) is 11.2. The van der Waals surface area contributed by atoms with Crippen molar-refractivity contribution in [1.29, 1.82) is 0 Å². The summed E-state index contributed by atoms with van der Waals surface area (Å²) in [7, 11) is 1.54. The first-order valence-corrected chi connectivity index (χ1v) is 5.41. The molecule has 0 heterocycles. The lowest BCUT2D eigenvalue weighted by molar-refractivity contribution is 0.0598. The van der Waals surface area contributed by atoms with Crippen LogP contribution in [0.3, 0.4) is 0 Å². The van der Waals surface area contributed by atoms with E-state index in [4.69, 9.17) is 4.74 Å². The van der Waals surface area contributed by atoms with E-state index in [9.17, 15) is 9.90 Å². The zero-order valence-corrected chi connectivity index (χ0v) is 9.16. The van der Waals surface area contributed by atoms with E-state index in [-0.39, 0.29) is 6.03 Å². The molecule has 0 spiro atoms. The van der Waals surface area contributed by atoms with E-state index in [1.165, 1.54) is 12.8 Å². The van der Waals surface area contributed by atoms with E-state index >= 15 is 0 Å². The van der Waals surface area contributed by atoms with Gasteiger partial charge in [-0.15, -0.1) is 0 Å². The molecule has 5 nitrogen and oxygen atoms in total. The number of aliphatic hydroxyl groups is 1. The molecule has 1 fully saturated rings. The molecule has 2 amide bonds. The highest BCUT2D eigenvalue weighted by atomic mass is 16.5. The van der Waals surface area contributed by atoms with Crippen LogP contribution in [-0.4, -0.2) is 44.0 Å². The minimum Gasteiger partial charge on any atom is -0.391 e. The van der Waals surface area contributed by atoms with Crippen molar-refractivity contribution in [2.45, 2.75) is 25.4 Å². The van der Waals surface area contributed by atoms with Gasteiger partial charge in [-0.3, -0.25) is 0 Å². The quantitative estimate of drug-likeness (QED) is 0.565. The van der Waals surface area contributed by atoms with Gasteiger partial charge in [-0.05, 0) is 25.2 Å². The number of amides is 2. The molecule has 0 aromatic rings. The number of hydrogen-bond donors (Lipinski definition) is 3. The van der Waals surface area contributed by atoms with Crippen LogP contribution in [0.4, 0.5) is 4.79 Å². The summed E-state index contributed by atoms with van der Waals surface area (Å²) >= 11 is 0. The van der Waals surface area contributed by atoms with Crippen molar-refractivity contribution in [2.24, 2.45) is 5.92 Å². The van der Waals surface area contributed by atoms with Gasteiger partial charge in [0.2, 0.25) is 0 Å². The first kappa shape index (κ1) is 12.3. The molecule has 1 unspecified atom stereocenters. The number of urea groups is 1.